The van der Waals surface area contributed by atoms with Crippen molar-refractivity contribution in [3.05, 3.63) is 0 Å². The van der Waals surface area contributed by atoms with Gasteiger partial charge in [0.15, 0.2) is 6.29 Å². The van der Waals surface area contributed by atoms with Gasteiger partial charge in [-0.2, -0.15) is 0 Å². The SMILES string of the molecule is CNC1CC(N)[C@@H](O[C@@H]2CC(O)CC(CNCC(O)CCN)O2)C(O)C1. The van der Waals surface area contributed by atoms with Crippen molar-refractivity contribution in [2.45, 2.75) is 81.0 Å². The molecule has 154 valence electrons. The summed E-state index contributed by atoms with van der Waals surface area (Å²) in [7, 11) is 1.86. The van der Waals surface area contributed by atoms with E-state index in [2.05, 4.69) is 10.6 Å². The summed E-state index contributed by atoms with van der Waals surface area (Å²) in [6.07, 6.45) is -0.320. The Hall–Kier alpha value is -0.360. The fourth-order valence-corrected chi connectivity index (χ4v) is 3.74. The maximum Gasteiger partial charge on any atom is 0.161 e. The van der Waals surface area contributed by atoms with Gasteiger partial charge in [-0.15, -0.1) is 0 Å². The van der Waals surface area contributed by atoms with Crippen molar-refractivity contribution >= 4 is 0 Å². The van der Waals surface area contributed by atoms with Gasteiger partial charge < -0.3 is 46.9 Å². The van der Waals surface area contributed by atoms with E-state index in [1.807, 2.05) is 7.05 Å². The quantitative estimate of drug-likeness (QED) is 0.233. The number of nitrogens with one attached hydrogen (secondary N) is 2. The minimum atomic E-state index is -0.665. The van der Waals surface area contributed by atoms with Gasteiger partial charge in [0.25, 0.3) is 0 Å². The summed E-state index contributed by atoms with van der Waals surface area (Å²) in [5, 5.41) is 36.4. The monoisotopic (exact) mass is 376 g/mol. The van der Waals surface area contributed by atoms with Crippen molar-refractivity contribution in [3.63, 3.8) is 0 Å². The van der Waals surface area contributed by atoms with E-state index in [0.717, 1.165) is 6.42 Å². The van der Waals surface area contributed by atoms with E-state index in [-0.39, 0.29) is 18.2 Å². The Balaban J connectivity index is 1.80. The number of nitrogens with two attached hydrogens (primary N) is 2. The van der Waals surface area contributed by atoms with E-state index in [9.17, 15) is 15.3 Å². The van der Waals surface area contributed by atoms with Crippen LogP contribution < -0.4 is 22.1 Å². The van der Waals surface area contributed by atoms with Gasteiger partial charge >= 0.3 is 0 Å². The second-order valence-electron chi connectivity index (χ2n) is 7.49. The Bertz CT molecular complexity index is 393. The highest BCUT2D eigenvalue weighted by atomic mass is 16.7. The first kappa shape index (κ1) is 21.9. The van der Waals surface area contributed by atoms with E-state index >= 15 is 0 Å². The molecule has 9 N–H and O–H groups in total. The lowest BCUT2D eigenvalue weighted by atomic mass is 9.86. The van der Waals surface area contributed by atoms with E-state index in [4.69, 9.17) is 20.9 Å². The summed E-state index contributed by atoms with van der Waals surface area (Å²) in [5.41, 5.74) is 11.6. The number of aliphatic hydroxyl groups excluding tert-OH is 3. The van der Waals surface area contributed by atoms with Crippen LogP contribution in [0.2, 0.25) is 0 Å². The van der Waals surface area contributed by atoms with Crippen molar-refractivity contribution in [3.8, 4) is 0 Å². The Morgan fingerprint density at radius 2 is 2.00 bits per heavy atom. The zero-order valence-electron chi connectivity index (χ0n) is 15.6. The summed E-state index contributed by atoms with van der Waals surface area (Å²) in [6.45, 7) is 1.37. The minimum Gasteiger partial charge on any atom is -0.393 e. The Labute approximate surface area is 155 Å². The number of ether oxygens (including phenoxy) is 2. The summed E-state index contributed by atoms with van der Waals surface area (Å²) < 4.78 is 11.9. The maximum absolute atomic E-state index is 10.3. The summed E-state index contributed by atoms with van der Waals surface area (Å²) in [6, 6.07) is -0.114. The molecule has 8 atom stereocenters. The molecule has 9 nitrogen and oxygen atoms in total. The van der Waals surface area contributed by atoms with Crippen molar-refractivity contribution in [1.29, 1.82) is 0 Å². The average Bonchev–Trinajstić information content (AvgIpc) is 2.57. The molecule has 9 heteroatoms. The van der Waals surface area contributed by atoms with Crippen LogP contribution in [0.4, 0.5) is 0 Å². The maximum atomic E-state index is 10.3. The number of aliphatic hydroxyl groups is 3. The zero-order valence-corrected chi connectivity index (χ0v) is 15.6. The normalized spacial score (nSPS) is 39.7. The molecule has 6 unspecified atom stereocenters. The van der Waals surface area contributed by atoms with Crippen LogP contribution in [-0.2, 0) is 9.47 Å². The van der Waals surface area contributed by atoms with Gasteiger partial charge in [0.2, 0.25) is 0 Å². The predicted octanol–water partition coefficient (Wildman–Crippen LogP) is -2.39. The molecule has 2 fully saturated rings. The molecule has 26 heavy (non-hydrogen) atoms. The molecule has 1 aliphatic heterocycles. The molecule has 1 saturated heterocycles. The Morgan fingerprint density at radius 3 is 2.65 bits per heavy atom. The van der Waals surface area contributed by atoms with Crippen LogP contribution >= 0.6 is 0 Å². The fraction of sp³-hybridized carbons (Fsp3) is 1.00. The van der Waals surface area contributed by atoms with Crippen molar-refractivity contribution < 1.29 is 24.8 Å². The van der Waals surface area contributed by atoms with Gasteiger partial charge in [-0.25, -0.2) is 0 Å². The lowest BCUT2D eigenvalue weighted by Crippen LogP contribution is -2.56. The van der Waals surface area contributed by atoms with Crippen LogP contribution in [0.3, 0.4) is 0 Å². The van der Waals surface area contributed by atoms with Crippen LogP contribution in [0.15, 0.2) is 0 Å². The molecule has 0 radical (unpaired) electrons. The first-order chi connectivity index (χ1) is 12.4. The van der Waals surface area contributed by atoms with Gasteiger partial charge in [-0.05, 0) is 32.9 Å². The Kier molecular flexibility index (Phi) is 9.15. The standard InChI is InChI=1S/C17H36N4O5/c1-20-10-4-14(19)17(15(24)5-10)26-16-7-12(23)6-13(25-16)9-21-8-11(22)2-3-18/h10-17,20-24H,2-9,18-19H2,1H3/t10?,11?,12?,13?,14?,15?,16-,17-/m1/s1. The second-order valence-corrected chi connectivity index (χ2v) is 7.49. The molecule has 0 aromatic heterocycles. The van der Waals surface area contributed by atoms with E-state index in [1.165, 1.54) is 0 Å². The smallest absolute Gasteiger partial charge is 0.161 e. The summed E-state index contributed by atoms with van der Waals surface area (Å²) in [5.74, 6) is 0. The number of hydrogen-bond donors (Lipinski definition) is 7. The largest absolute Gasteiger partial charge is 0.393 e. The van der Waals surface area contributed by atoms with Crippen LogP contribution in [0.25, 0.3) is 0 Å². The highest BCUT2D eigenvalue weighted by Gasteiger charge is 2.39. The fourth-order valence-electron chi connectivity index (χ4n) is 3.74. The van der Waals surface area contributed by atoms with Crippen LogP contribution in [-0.4, -0.2) is 90.9 Å². The molecule has 0 spiro atoms. The van der Waals surface area contributed by atoms with Crippen LogP contribution in [0, 0.1) is 0 Å². The Morgan fingerprint density at radius 1 is 1.23 bits per heavy atom. The summed E-state index contributed by atoms with van der Waals surface area (Å²) in [4.78, 5) is 0. The third-order valence-corrected chi connectivity index (χ3v) is 5.20. The average molecular weight is 376 g/mol. The molecule has 1 aliphatic carbocycles. The molecule has 0 aromatic carbocycles. The van der Waals surface area contributed by atoms with Crippen LogP contribution in [0.1, 0.15) is 32.1 Å². The number of hydrogen-bond acceptors (Lipinski definition) is 9. The van der Waals surface area contributed by atoms with E-state index < -0.39 is 30.7 Å². The zero-order chi connectivity index (χ0) is 19.1. The topological polar surface area (TPSA) is 155 Å². The summed E-state index contributed by atoms with van der Waals surface area (Å²) >= 11 is 0. The van der Waals surface area contributed by atoms with Gasteiger partial charge in [0.1, 0.15) is 6.10 Å². The molecule has 1 heterocycles. The molecule has 0 bridgehead atoms. The third-order valence-electron chi connectivity index (χ3n) is 5.20. The van der Waals surface area contributed by atoms with Gasteiger partial charge in [-0.1, -0.05) is 0 Å². The van der Waals surface area contributed by atoms with Crippen molar-refractivity contribution in [2.24, 2.45) is 11.5 Å². The van der Waals surface area contributed by atoms with E-state index in [0.29, 0.717) is 45.3 Å². The highest BCUT2D eigenvalue weighted by molar-refractivity contribution is 4.93. The molecule has 2 rings (SSSR count). The van der Waals surface area contributed by atoms with Crippen molar-refractivity contribution in [2.75, 3.05) is 26.7 Å². The number of rotatable bonds is 9. The van der Waals surface area contributed by atoms with Crippen LogP contribution in [0.5, 0.6) is 0 Å². The molecule has 0 aromatic rings. The van der Waals surface area contributed by atoms with Gasteiger partial charge in [-0.3, -0.25) is 0 Å². The molecular formula is C17H36N4O5. The predicted molar refractivity (Wildman–Crippen MR) is 97.4 cm³/mol. The lowest BCUT2D eigenvalue weighted by Gasteiger charge is -2.41. The van der Waals surface area contributed by atoms with Gasteiger partial charge in [0, 0.05) is 38.0 Å². The van der Waals surface area contributed by atoms with E-state index in [1.54, 1.807) is 0 Å². The minimum absolute atomic E-state index is 0.176. The second kappa shape index (κ2) is 10.8. The molecule has 0 amide bonds. The lowest BCUT2D eigenvalue weighted by molar-refractivity contribution is -0.251. The molecular weight excluding hydrogens is 340 g/mol. The molecule has 1 saturated carbocycles. The third kappa shape index (κ3) is 6.66. The van der Waals surface area contributed by atoms with Crippen molar-refractivity contribution in [1.82, 2.24) is 10.6 Å². The first-order valence-electron chi connectivity index (χ1n) is 9.61. The highest BCUT2D eigenvalue weighted by Crippen LogP contribution is 2.27. The first-order valence-corrected chi connectivity index (χ1v) is 9.61. The molecule has 2 aliphatic rings. The van der Waals surface area contributed by atoms with Gasteiger partial charge in [0.05, 0.1) is 24.4 Å².